The molecule has 0 saturated carbocycles. The highest BCUT2D eigenvalue weighted by molar-refractivity contribution is 7.92. The highest BCUT2D eigenvalue weighted by atomic mass is 32.2. The Morgan fingerprint density at radius 1 is 1.19 bits per heavy atom. The van der Waals surface area contributed by atoms with Gasteiger partial charge < -0.3 is 15.3 Å². The molecule has 0 spiro atoms. The van der Waals surface area contributed by atoms with Crippen LogP contribution >= 0.6 is 0 Å². The van der Waals surface area contributed by atoms with Gasteiger partial charge >= 0.3 is 5.76 Å². The van der Waals surface area contributed by atoms with Crippen molar-refractivity contribution in [3.05, 3.63) is 88.0 Å². The van der Waals surface area contributed by atoms with Gasteiger partial charge in [0.05, 0.1) is 24.2 Å². The van der Waals surface area contributed by atoms with Gasteiger partial charge in [-0.25, -0.2) is 22.6 Å². The van der Waals surface area contributed by atoms with Crippen molar-refractivity contribution in [2.24, 2.45) is 5.73 Å². The second kappa shape index (κ2) is 9.90. The van der Waals surface area contributed by atoms with Crippen LogP contribution in [0.25, 0.3) is 11.1 Å². The SMILES string of the molecule is C[C@H](c1ccccc1C#CC(N)CO)n1c(=O)oc2cc(S(=O)(=O)Nc3cccc(F)n3)c(F)cc21. The zero-order valence-corrected chi connectivity index (χ0v) is 19.6. The van der Waals surface area contributed by atoms with Crippen molar-refractivity contribution < 1.29 is 26.7 Å². The molecule has 2 aromatic heterocycles. The number of benzene rings is 2. The summed E-state index contributed by atoms with van der Waals surface area (Å²) in [5, 5.41) is 9.11. The van der Waals surface area contributed by atoms with Crippen LogP contribution in [0.5, 0.6) is 0 Å². The third-order valence-corrected chi connectivity index (χ3v) is 6.67. The largest absolute Gasteiger partial charge is 0.420 e. The van der Waals surface area contributed by atoms with Crippen molar-refractivity contribution in [3.8, 4) is 11.8 Å². The van der Waals surface area contributed by atoms with E-state index in [4.69, 9.17) is 15.3 Å². The number of nitrogens with zero attached hydrogens (tertiary/aromatic N) is 2. The number of sulfonamides is 1. The predicted molar refractivity (Wildman–Crippen MR) is 128 cm³/mol. The summed E-state index contributed by atoms with van der Waals surface area (Å²) in [7, 11) is -4.53. The van der Waals surface area contributed by atoms with Gasteiger partial charge in [0.25, 0.3) is 10.0 Å². The molecule has 0 aliphatic rings. The fourth-order valence-corrected chi connectivity index (χ4v) is 4.67. The van der Waals surface area contributed by atoms with E-state index in [2.05, 4.69) is 16.8 Å². The monoisotopic (exact) mass is 514 g/mol. The molecule has 4 rings (SSSR count). The summed E-state index contributed by atoms with van der Waals surface area (Å²) in [6.45, 7) is 1.34. The highest BCUT2D eigenvalue weighted by Crippen LogP contribution is 2.28. The fourth-order valence-electron chi connectivity index (χ4n) is 3.60. The van der Waals surface area contributed by atoms with E-state index in [1.807, 2.05) is 4.72 Å². The van der Waals surface area contributed by atoms with E-state index >= 15 is 4.39 Å². The second-order valence-corrected chi connectivity index (χ2v) is 9.41. The Morgan fingerprint density at radius 2 is 1.94 bits per heavy atom. The average molecular weight is 515 g/mol. The average Bonchev–Trinajstić information content (AvgIpc) is 3.15. The molecule has 0 aliphatic heterocycles. The first kappa shape index (κ1) is 25.1. The molecule has 0 fully saturated rings. The molecule has 9 nitrogen and oxygen atoms in total. The van der Waals surface area contributed by atoms with E-state index in [1.165, 1.54) is 16.7 Å². The van der Waals surface area contributed by atoms with Crippen molar-refractivity contribution in [1.29, 1.82) is 0 Å². The second-order valence-electron chi connectivity index (χ2n) is 7.76. The highest BCUT2D eigenvalue weighted by Gasteiger charge is 2.25. The van der Waals surface area contributed by atoms with Gasteiger partial charge in [0.15, 0.2) is 5.58 Å². The fraction of sp³-hybridized carbons (Fsp3) is 0.167. The molecule has 4 N–H and O–H groups in total. The molecular formula is C24H20F2N4O5S. The van der Waals surface area contributed by atoms with Crippen molar-refractivity contribution >= 4 is 26.9 Å². The van der Waals surface area contributed by atoms with Gasteiger partial charge in [-0.3, -0.25) is 9.29 Å². The minimum Gasteiger partial charge on any atom is -0.408 e. The Kier molecular flexibility index (Phi) is 6.89. The molecule has 0 saturated heterocycles. The number of fused-ring (bicyclic) bond motifs is 1. The lowest BCUT2D eigenvalue weighted by Gasteiger charge is -2.15. The van der Waals surface area contributed by atoms with Crippen LogP contribution < -0.4 is 16.2 Å². The van der Waals surface area contributed by atoms with Crippen LogP contribution in [0.4, 0.5) is 14.6 Å². The molecule has 2 aromatic carbocycles. The van der Waals surface area contributed by atoms with Crippen molar-refractivity contribution in [1.82, 2.24) is 9.55 Å². The number of hydrogen-bond donors (Lipinski definition) is 3. The summed E-state index contributed by atoms with van der Waals surface area (Å²) in [4.78, 5) is 15.3. The van der Waals surface area contributed by atoms with Crippen LogP contribution in [-0.2, 0) is 10.0 Å². The first-order valence-corrected chi connectivity index (χ1v) is 12.1. The molecule has 186 valence electrons. The minimum absolute atomic E-state index is 0.0163. The van der Waals surface area contributed by atoms with Crippen molar-refractivity contribution in [3.63, 3.8) is 0 Å². The van der Waals surface area contributed by atoms with Gasteiger partial charge in [-0.05, 0) is 30.7 Å². The Bertz CT molecular complexity index is 1670. The molecule has 1 unspecified atom stereocenters. The molecule has 0 amide bonds. The molecule has 4 aromatic rings. The van der Waals surface area contributed by atoms with Crippen molar-refractivity contribution in [2.45, 2.75) is 23.9 Å². The van der Waals surface area contributed by atoms with Crippen LogP contribution in [0.15, 0.2) is 68.7 Å². The van der Waals surface area contributed by atoms with Gasteiger partial charge in [0.1, 0.15) is 16.5 Å². The number of oxazole rings is 1. The van der Waals surface area contributed by atoms with Crippen LogP contribution in [-0.4, -0.2) is 35.7 Å². The number of anilines is 1. The zero-order valence-electron chi connectivity index (χ0n) is 18.8. The summed E-state index contributed by atoms with van der Waals surface area (Å²) in [6.07, 6.45) is 0. The smallest absolute Gasteiger partial charge is 0.408 e. The maximum atomic E-state index is 15.0. The number of nitrogens with one attached hydrogen (secondary N) is 1. The minimum atomic E-state index is -4.53. The lowest BCUT2D eigenvalue weighted by molar-refractivity contribution is 0.287. The summed E-state index contributed by atoms with van der Waals surface area (Å²) in [5.74, 6) is 2.29. The maximum Gasteiger partial charge on any atom is 0.420 e. The molecule has 0 radical (unpaired) electrons. The first-order valence-electron chi connectivity index (χ1n) is 10.6. The lowest BCUT2D eigenvalue weighted by atomic mass is 10.0. The van der Waals surface area contributed by atoms with Gasteiger partial charge in [-0.15, -0.1) is 0 Å². The summed E-state index contributed by atoms with van der Waals surface area (Å²) < 4.78 is 62.3. The third-order valence-electron chi connectivity index (χ3n) is 5.30. The van der Waals surface area contributed by atoms with Crippen LogP contribution in [0.1, 0.15) is 24.1 Å². The van der Waals surface area contributed by atoms with Gasteiger partial charge in [-0.2, -0.15) is 4.39 Å². The number of aliphatic hydroxyl groups is 1. The normalized spacial score (nSPS) is 13.1. The quantitative estimate of drug-likeness (QED) is 0.265. The number of rotatable bonds is 6. The topological polar surface area (TPSA) is 140 Å². The standard InChI is InChI=1S/C24H20F2N4O5S/c1-14(17-6-3-2-5-15(17)9-10-16(27)13-31)30-19-11-18(25)21(12-20(19)35-24(30)32)36(33,34)29-23-8-4-7-22(26)28-23/h2-8,11-12,14,16,31H,13,27H2,1H3,(H,28,29)/t14-,16?/m1/s1. The Morgan fingerprint density at radius 3 is 2.67 bits per heavy atom. The summed E-state index contributed by atoms with van der Waals surface area (Å²) in [6, 6.07) is 10.7. The lowest BCUT2D eigenvalue weighted by Crippen LogP contribution is -2.22. The van der Waals surface area contributed by atoms with E-state index < -0.39 is 44.5 Å². The van der Waals surface area contributed by atoms with Gasteiger partial charge in [0, 0.05) is 17.7 Å². The van der Waals surface area contributed by atoms with E-state index in [-0.39, 0.29) is 23.5 Å². The molecule has 0 bridgehead atoms. The number of aromatic nitrogens is 2. The van der Waals surface area contributed by atoms with Crippen LogP contribution in [0, 0.1) is 23.6 Å². The zero-order chi connectivity index (χ0) is 26.0. The van der Waals surface area contributed by atoms with E-state index in [9.17, 15) is 17.6 Å². The summed E-state index contributed by atoms with van der Waals surface area (Å²) >= 11 is 0. The van der Waals surface area contributed by atoms with Gasteiger partial charge in [-0.1, -0.05) is 36.1 Å². The maximum absolute atomic E-state index is 15.0. The third kappa shape index (κ3) is 4.99. The number of pyridine rings is 1. The number of hydrogen-bond acceptors (Lipinski definition) is 7. The molecule has 0 aliphatic carbocycles. The molecule has 2 heterocycles. The number of halogens is 2. The van der Waals surface area contributed by atoms with Crippen LogP contribution in [0.2, 0.25) is 0 Å². The molecule has 36 heavy (non-hydrogen) atoms. The van der Waals surface area contributed by atoms with E-state index in [1.54, 1.807) is 31.2 Å². The Balaban J connectivity index is 1.77. The molecular weight excluding hydrogens is 494 g/mol. The van der Waals surface area contributed by atoms with E-state index in [0.29, 0.717) is 11.1 Å². The predicted octanol–water partition coefficient (Wildman–Crippen LogP) is 2.35. The van der Waals surface area contributed by atoms with Crippen molar-refractivity contribution in [2.75, 3.05) is 11.3 Å². The number of aliphatic hydroxyl groups excluding tert-OH is 1. The Hall–Kier alpha value is -4.05. The molecule has 12 heteroatoms. The first-order chi connectivity index (χ1) is 17.1. The summed E-state index contributed by atoms with van der Waals surface area (Å²) in [5.41, 5.74) is 6.61. The van der Waals surface area contributed by atoms with Gasteiger partial charge in [0.2, 0.25) is 5.95 Å². The number of nitrogens with two attached hydrogens (primary N) is 1. The van der Waals surface area contributed by atoms with E-state index in [0.717, 1.165) is 18.2 Å². The van der Waals surface area contributed by atoms with Crippen LogP contribution in [0.3, 0.4) is 0 Å². The molecule has 2 atom stereocenters. The Labute approximate surface area is 204 Å².